The van der Waals surface area contributed by atoms with Gasteiger partial charge in [0.25, 0.3) is 0 Å². The molecule has 0 amide bonds. The molecule has 0 aromatic heterocycles. The van der Waals surface area contributed by atoms with Crippen molar-refractivity contribution < 1.29 is 14.4 Å². The molecular weight excluding hydrogens is 288 g/mol. The summed E-state index contributed by atoms with van der Waals surface area (Å²) >= 11 is 0. The van der Waals surface area contributed by atoms with Crippen LogP contribution in [-0.2, 0) is 11.3 Å². The van der Waals surface area contributed by atoms with Crippen LogP contribution in [0.4, 0.5) is 5.69 Å². The average molecular weight is 309 g/mol. The molecule has 0 bridgehead atoms. The first-order valence-corrected chi connectivity index (χ1v) is 8.16. The topological polar surface area (TPSA) is 34.0 Å². The second-order valence-corrected chi connectivity index (χ2v) is 6.35. The van der Waals surface area contributed by atoms with Crippen LogP contribution in [0.25, 0.3) is 0 Å². The highest BCUT2D eigenvalue weighted by atomic mass is 16.5. The fourth-order valence-electron chi connectivity index (χ4n) is 3.88. The molecule has 2 aliphatic rings. The molecule has 1 fully saturated rings. The molecule has 2 aromatic carbocycles. The highest BCUT2D eigenvalue weighted by Crippen LogP contribution is 2.27. The van der Waals surface area contributed by atoms with Crippen LogP contribution in [-0.4, -0.2) is 36.7 Å². The van der Waals surface area contributed by atoms with Crippen LogP contribution in [0.1, 0.15) is 22.3 Å². The zero-order valence-corrected chi connectivity index (χ0v) is 13.2. The number of quaternary nitrogens is 1. The van der Waals surface area contributed by atoms with Crippen molar-refractivity contribution in [1.29, 1.82) is 0 Å². The largest absolute Gasteiger partial charge is 0.451 e. The molecule has 2 aromatic rings. The van der Waals surface area contributed by atoms with Gasteiger partial charge in [0.15, 0.2) is 12.3 Å². The number of carbonyl (C=O) groups is 1. The Kier molecular flexibility index (Phi) is 3.63. The molecule has 1 N–H and O–H groups in total. The van der Waals surface area contributed by atoms with Gasteiger partial charge in [0, 0.05) is 25.1 Å². The van der Waals surface area contributed by atoms with Gasteiger partial charge in [-0.15, -0.1) is 0 Å². The molecule has 2 heterocycles. The molecule has 4 heteroatoms. The van der Waals surface area contributed by atoms with Gasteiger partial charge < -0.3 is 4.74 Å². The molecule has 0 saturated carbocycles. The molecule has 1 saturated heterocycles. The second-order valence-electron chi connectivity index (χ2n) is 6.35. The summed E-state index contributed by atoms with van der Waals surface area (Å²) in [4.78, 5) is 16.1. The van der Waals surface area contributed by atoms with Gasteiger partial charge in [-0.1, -0.05) is 36.4 Å². The number of nitrogens with zero attached hydrogens (tertiary/aromatic N) is 1. The smallest absolute Gasteiger partial charge is 0.338 e. The molecule has 4 rings (SSSR count). The van der Waals surface area contributed by atoms with Crippen LogP contribution >= 0.6 is 0 Å². The third-order valence-corrected chi connectivity index (χ3v) is 4.97. The number of esters is 1. The lowest BCUT2D eigenvalue weighted by Gasteiger charge is -2.37. The van der Waals surface area contributed by atoms with Gasteiger partial charge in [-0.25, -0.2) is 9.69 Å². The summed E-state index contributed by atoms with van der Waals surface area (Å²) in [5.41, 5.74) is 3.31. The Morgan fingerprint density at radius 2 is 1.87 bits per heavy atom. The molecule has 0 radical (unpaired) electrons. The van der Waals surface area contributed by atoms with Gasteiger partial charge >= 0.3 is 5.97 Å². The van der Waals surface area contributed by atoms with Gasteiger partial charge in [0.05, 0.1) is 12.6 Å². The molecule has 4 nitrogen and oxygen atoms in total. The zero-order chi connectivity index (χ0) is 15.8. The van der Waals surface area contributed by atoms with E-state index in [1.165, 1.54) is 16.2 Å². The van der Waals surface area contributed by atoms with Crippen LogP contribution < -0.4 is 4.90 Å². The number of carbonyl (C=O) groups excluding carboxylic acids is 1. The van der Waals surface area contributed by atoms with Gasteiger partial charge in [0.2, 0.25) is 0 Å². The van der Waals surface area contributed by atoms with Crippen LogP contribution in [0, 0.1) is 0 Å². The van der Waals surface area contributed by atoms with Crippen molar-refractivity contribution in [3.05, 3.63) is 65.7 Å². The van der Waals surface area contributed by atoms with Crippen LogP contribution in [0.2, 0.25) is 0 Å². The standard InChI is InChI=1S/C19H20N2O2/c1-20-16-10-6-5-9-15(16)13-21-12-11-17(18(20)21)23-19(22)14-7-3-2-4-8-14/h2-10,17-18H,11-13H2,1H3/p+1/t17-,18?/m1/s1. The average Bonchev–Trinajstić information content (AvgIpc) is 2.99. The third kappa shape index (κ3) is 2.54. The Bertz CT molecular complexity index is 716. The SMILES string of the molecule is C[NH+]1c2ccccc2CN2CC[C@@H](OC(=O)c3ccccc3)C21. The van der Waals surface area contributed by atoms with E-state index in [0.29, 0.717) is 5.56 Å². The Labute approximate surface area is 136 Å². The van der Waals surface area contributed by atoms with E-state index in [4.69, 9.17) is 4.74 Å². The zero-order valence-electron chi connectivity index (χ0n) is 13.2. The van der Waals surface area contributed by atoms with Gasteiger partial charge in [-0.05, 0) is 18.2 Å². The first-order valence-electron chi connectivity index (χ1n) is 8.16. The van der Waals surface area contributed by atoms with E-state index in [0.717, 1.165) is 19.5 Å². The summed E-state index contributed by atoms with van der Waals surface area (Å²) in [5, 5.41) is 0. The maximum atomic E-state index is 12.4. The molecule has 0 aliphatic carbocycles. The van der Waals surface area contributed by atoms with Crippen LogP contribution in [0.3, 0.4) is 0 Å². The van der Waals surface area contributed by atoms with Gasteiger partial charge in [0.1, 0.15) is 5.69 Å². The minimum atomic E-state index is -0.218. The minimum Gasteiger partial charge on any atom is -0.451 e. The number of fused-ring (bicyclic) bond motifs is 2. The molecule has 3 atom stereocenters. The lowest BCUT2D eigenvalue weighted by molar-refractivity contribution is -0.860. The fourth-order valence-corrected chi connectivity index (χ4v) is 3.88. The van der Waals surface area contributed by atoms with Crippen molar-refractivity contribution in [1.82, 2.24) is 4.90 Å². The number of hydrogen-bond donors (Lipinski definition) is 1. The Morgan fingerprint density at radius 1 is 1.13 bits per heavy atom. The minimum absolute atomic E-state index is 0.0592. The van der Waals surface area contributed by atoms with Crippen molar-refractivity contribution >= 4 is 11.7 Å². The van der Waals surface area contributed by atoms with E-state index < -0.39 is 0 Å². The molecular formula is C19H21N2O2+. The van der Waals surface area contributed by atoms with E-state index in [2.05, 4.69) is 36.2 Å². The summed E-state index contributed by atoms with van der Waals surface area (Å²) < 4.78 is 5.85. The van der Waals surface area contributed by atoms with E-state index >= 15 is 0 Å². The van der Waals surface area contributed by atoms with Crippen LogP contribution in [0.5, 0.6) is 0 Å². The Morgan fingerprint density at radius 3 is 2.70 bits per heavy atom. The van der Waals surface area contributed by atoms with Gasteiger partial charge in [-0.3, -0.25) is 4.90 Å². The summed E-state index contributed by atoms with van der Waals surface area (Å²) in [7, 11) is 2.17. The van der Waals surface area contributed by atoms with E-state index in [-0.39, 0.29) is 18.2 Å². The number of ether oxygens (including phenoxy) is 1. The lowest BCUT2D eigenvalue weighted by Crippen LogP contribution is -3.12. The summed E-state index contributed by atoms with van der Waals surface area (Å²) in [6, 6.07) is 17.8. The molecule has 118 valence electrons. The first kappa shape index (κ1) is 14.4. The Hall–Kier alpha value is -2.17. The van der Waals surface area contributed by atoms with Crippen molar-refractivity contribution in [2.24, 2.45) is 0 Å². The predicted octanol–water partition coefficient (Wildman–Crippen LogP) is 1.60. The first-order chi connectivity index (χ1) is 11.2. The van der Waals surface area contributed by atoms with Crippen molar-refractivity contribution in [2.45, 2.75) is 25.2 Å². The van der Waals surface area contributed by atoms with Crippen LogP contribution in [0.15, 0.2) is 54.6 Å². The second kappa shape index (κ2) is 5.80. The highest BCUT2D eigenvalue weighted by molar-refractivity contribution is 5.89. The number of likely N-dealkylation sites (N-methyl/N-ethyl adjacent to an activating group) is 1. The molecule has 2 unspecified atom stereocenters. The number of nitrogens with one attached hydrogen (secondary N) is 1. The number of para-hydroxylation sites is 1. The quantitative estimate of drug-likeness (QED) is 0.856. The van der Waals surface area contributed by atoms with E-state index in [1.807, 2.05) is 30.3 Å². The van der Waals surface area contributed by atoms with Crippen molar-refractivity contribution in [3.63, 3.8) is 0 Å². The predicted molar refractivity (Wildman–Crippen MR) is 87.4 cm³/mol. The molecule has 23 heavy (non-hydrogen) atoms. The maximum Gasteiger partial charge on any atom is 0.338 e. The summed E-state index contributed by atoms with van der Waals surface area (Å²) in [6.07, 6.45) is 1.04. The van der Waals surface area contributed by atoms with E-state index in [1.54, 1.807) is 0 Å². The lowest BCUT2D eigenvalue weighted by atomic mass is 10.1. The molecule has 0 spiro atoms. The van der Waals surface area contributed by atoms with Gasteiger partial charge in [-0.2, -0.15) is 0 Å². The Balaban J connectivity index is 1.55. The fraction of sp³-hybridized carbons (Fsp3) is 0.316. The summed E-state index contributed by atoms with van der Waals surface area (Å²) in [5.74, 6) is -0.218. The summed E-state index contributed by atoms with van der Waals surface area (Å²) in [6.45, 7) is 1.92. The number of benzene rings is 2. The maximum absolute atomic E-state index is 12.4. The highest BCUT2D eigenvalue weighted by Gasteiger charge is 2.46. The monoisotopic (exact) mass is 309 g/mol. The number of hydrogen-bond acceptors (Lipinski definition) is 3. The number of rotatable bonds is 2. The van der Waals surface area contributed by atoms with E-state index in [9.17, 15) is 4.79 Å². The molecule has 2 aliphatic heterocycles. The van der Waals surface area contributed by atoms with Crippen molar-refractivity contribution in [2.75, 3.05) is 13.6 Å². The normalized spacial score (nSPS) is 26.4. The van der Waals surface area contributed by atoms with Crippen molar-refractivity contribution in [3.8, 4) is 0 Å². The third-order valence-electron chi connectivity index (χ3n) is 4.97.